The van der Waals surface area contributed by atoms with Gasteiger partial charge in [-0.25, -0.2) is 5.43 Å². The predicted molar refractivity (Wildman–Crippen MR) is 94.3 cm³/mol. The van der Waals surface area contributed by atoms with Crippen molar-refractivity contribution in [3.8, 4) is 0 Å². The van der Waals surface area contributed by atoms with Gasteiger partial charge < -0.3 is 9.73 Å². The van der Waals surface area contributed by atoms with Gasteiger partial charge in [0.25, 0.3) is 11.8 Å². The monoisotopic (exact) mass is 393 g/mol. The normalized spacial score (nSPS) is 11.0. The lowest BCUT2D eigenvalue weighted by Gasteiger charge is -2.01. The van der Waals surface area contributed by atoms with Gasteiger partial charge in [-0.2, -0.15) is 5.10 Å². The molecule has 0 saturated carbocycles. The van der Waals surface area contributed by atoms with Crippen molar-refractivity contribution in [3.63, 3.8) is 0 Å². The molecule has 0 aliphatic carbocycles. The number of rotatable bonds is 8. The molecule has 0 bridgehead atoms. The van der Waals surface area contributed by atoms with Crippen molar-refractivity contribution in [1.82, 2.24) is 10.7 Å². The van der Waals surface area contributed by atoms with Crippen molar-refractivity contribution in [2.45, 2.75) is 0 Å². The van der Waals surface area contributed by atoms with Crippen LogP contribution in [0, 0.1) is 20.2 Å². The number of nitro groups is 2. The summed E-state index contributed by atoms with van der Waals surface area (Å²) < 4.78 is 4.87. The van der Waals surface area contributed by atoms with E-state index in [-0.39, 0.29) is 22.2 Å². The molecule has 0 aliphatic rings. The Morgan fingerprint density at radius 1 is 1.19 bits per heavy atom. The highest BCUT2D eigenvalue weighted by molar-refractivity contribution is 7.17. The minimum atomic E-state index is -0.672. The Labute approximate surface area is 154 Å². The summed E-state index contributed by atoms with van der Waals surface area (Å²) in [5, 5.41) is 26.7. The summed E-state index contributed by atoms with van der Waals surface area (Å²) in [6, 6.07) is 5.08. The third kappa shape index (κ3) is 5.86. The van der Waals surface area contributed by atoms with E-state index >= 15 is 0 Å². The van der Waals surface area contributed by atoms with Crippen molar-refractivity contribution in [2.75, 3.05) is 6.54 Å². The van der Waals surface area contributed by atoms with Gasteiger partial charge in [-0.15, -0.1) is 0 Å². The highest BCUT2D eigenvalue weighted by atomic mass is 32.1. The van der Waals surface area contributed by atoms with Crippen molar-refractivity contribution < 1.29 is 23.9 Å². The van der Waals surface area contributed by atoms with Gasteiger partial charge in [-0.1, -0.05) is 11.3 Å². The number of hydrogen-bond donors (Lipinski definition) is 2. The third-order valence-electron chi connectivity index (χ3n) is 2.81. The van der Waals surface area contributed by atoms with Crippen LogP contribution in [-0.4, -0.2) is 34.4 Å². The second-order valence-corrected chi connectivity index (χ2v) is 5.75. The number of amides is 2. The molecule has 0 unspecified atom stereocenters. The number of thiophene rings is 1. The summed E-state index contributed by atoms with van der Waals surface area (Å²) in [4.78, 5) is 43.1. The first-order chi connectivity index (χ1) is 12.9. The third-order valence-corrected chi connectivity index (χ3v) is 3.84. The van der Waals surface area contributed by atoms with Crippen LogP contribution < -0.4 is 10.7 Å². The van der Waals surface area contributed by atoms with Gasteiger partial charge in [0.2, 0.25) is 0 Å². The number of hydrazone groups is 1. The van der Waals surface area contributed by atoms with Gasteiger partial charge in [-0.3, -0.25) is 29.8 Å². The molecule has 12 nitrogen and oxygen atoms in total. The lowest BCUT2D eigenvalue weighted by molar-refractivity contribution is -0.402. The number of hydrogen-bond acceptors (Lipinski definition) is 9. The Kier molecular flexibility index (Phi) is 6.49. The maximum atomic E-state index is 11.8. The zero-order valence-corrected chi connectivity index (χ0v) is 14.2. The van der Waals surface area contributed by atoms with E-state index in [4.69, 9.17) is 4.42 Å². The number of nitrogens with one attached hydrogen (secondary N) is 2. The van der Waals surface area contributed by atoms with Gasteiger partial charge in [-0.05, 0) is 24.3 Å². The minimum absolute atomic E-state index is 0.105. The summed E-state index contributed by atoms with van der Waals surface area (Å²) in [5.74, 6) is -1.40. The average Bonchev–Trinajstić information content (AvgIpc) is 3.29. The molecule has 27 heavy (non-hydrogen) atoms. The van der Waals surface area contributed by atoms with Crippen molar-refractivity contribution in [3.05, 3.63) is 61.2 Å². The maximum Gasteiger partial charge on any atom is 0.433 e. The van der Waals surface area contributed by atoms with Gasteiger partial charge in [0.05, 0.1) is 22.4 Å². The van der Waals surface area contributed by atoms with Crippen LogP contribution in [-0.2, 0) is 4.79 Å². The smallest absolute Gasteiger partial charge is 0.401 e. The number of nitrogens with zero attached hydrogens (tertiary/aromatic N) is 3. The number of allylic oxidation sites excluding steroid dienone is 1. The fourth-order valence-electron chi connectivity index (χ4n) is 1.66. The second kappa shape index (κ2) is 9.00. The largest absolute Gasteiger partial charge is 0.433 e. The molecule has 140 valence electrons. The van der Waals surface area contributed by atoms with Crippen molar-refractivity contribution in [1.29, 1.82) is 0 Å². The van der Waals surface area contributed by atoms with E-state index in [2.05, 4.69) is 15.8 Å². The van der Waals surface area contributed by atoms with E-state index in [0.717, 1.165) is 0 Å². The predicted octanol–water partition coefficient (Wildman–Crippen LogP) is 1.70. The Balaban J connectivity index is 1.74. The molecule has 2 rings (SSSR count). The highest BCUT2D eigenvalue weighted by Gasteiger charge is 2.15. The zero-order valence-electron chi connectivity index (χ0n) is 13.4. The highest BCUT2D eigenvalue weighted by Crippen LogP contribution is 2.23. The molecule has 0 radical (unpaired) electrons. The molecule has 0 saturated heterocycles. The second-order valence-electron chi connectivity index (χ2n) is 4.68. The quantitative estimate of drug-likeness (QED) is 0.390. The standard InChI is InChI=1S/C14H11N5O7S/c20-11(8-15-14(21)10-4-6-13(27-10)19(24)25)17-16-7-1-2-9-3-5-12(26-9)18(22)23/h1-7H,8H2,(H,15,21)(H,17,20)/b2-1+,16-7+. The first-order valence-corrected chi connectivity index (χ1v) is 7.93. The van der Waals surface area contributed by atoms with Crippen LogP contribution in [0.1, 0.15) is 15.4 Å². The van der Waals surface area contributed by atoms with E-state index in [9.17, 15) is 29.8 Å². The van der Waals surface area contributed by atoms with Crippen LogP contribution in [0.15, 0.2) is 39.9 Å². The molecule has 2 aromatic heterocycles. The van der Waals surface area contributed by atoms with Crippen LogP contribution in [0.3, 0.4) is 0 Å². The first kappa shape index (κ1) is 19.5. The van der Waals surface area contributed by atoms with E-state index in [1.807, 2.05) is 0 Å². The van der Waals surface area contributed by atoms with Gasteiger partial charge >= 0.3 is 10.9 Å². The zero-order chi connectivity index (χ0) is 19.8. The molecule has 0 aliphatic heterocycles. The van der Waals surface area contributed by atoms with Gasteiger partial charge in [0.1, 0.15) is 10.7 Å². The first-order valence-electron chi connectivity index (χ1n) is 7.12. The Hall–Kier alpha value is -3.87. The van der Waals surface area contributed by atoms with Gasteiger partial charge in [0, 0.05) is 12.3 Å². The van der Waals surface area contributed by atoms with Crippen LogP contribution in [0.4, 0.5) is 10.9 Å². The van der Waals surface area contributed by atoms with Crippen LogP contribution in [0.25, 0.3) is 6.08 Å². The van der Waals surface area contributed by atoms with E-state index < -0.39 is 27.5 Å². The summed E-state index contributed by atoms with van der Waals surface area (Å²) in [6.07, 6.45) is 3.98. The molecular formula is C14H11N5O7S. The molecule has 2 heterocycles. The van der Waals surface area contributed by atoms with E-state index in [0.29, 0.717) is 11.3 Å². The molecule has 0 atom stereocenters. The molecule has 0 spiro atoms. The number of carbonyl (C=O) groups excluding carboxylic acids is 2. The topological polar surface area (TPSA) is 170 Å². The summed E-state index contributed by atoms with van der Waals surface area (Å²) >= 11 is 0.694. The van der Waals surface area contributed by atoms with Crippen LogP contribution in [0.5, 0.6) is 0 Å². The Morgan fingerprint density at radius 2 is 1.96 bits per heavy atom. The molecular weight excluding hydrogens is 382 g/mol. The lowest BCUT2D eigenvalue weighted by atomic mass is 10.4. The lowest BCUT2D eigenvalue weighted by Crippen LogP contribution is -2.34. The van der Waals surface area contributed by atoms with Crippen LogP contribution >= 0.6 is 11.3 Å². The van der Waals surface area contributed by atoms with Crippen LogP contribution in [0.2, 0.25) is 0 Å². The Morgan fingerprint density at radius 3 is 2.59 bits per heavy atom. The maximum absolute atomic E-state index is 11.8. The van der Waals surface area contributed by atoms with Crippen molar-refractivity contribution in [2.24, 2.45) is 5.10 Å². The minimum Gasteiger partial charge on any atom is -0.401 e. The van der Waals surface area contributed by atoms with E-state index in [1.54, 1.807) is 0 Å². The molecule has 0 aromatic carbocycles. The summed E-state index contributed by atoms with van der Waals surface area (Å²) in [5.41, 5.74) is 2.14. The fourth-order valence-corrected chi connectivity index (χ4v) is 2.39. The molecule has 0 fully saturated rings. The summed E-state index contributed by atoms with van der Waals surface area (Å²) in [6.45, 7) is -0.379. The molecule has 13 heteroatoms. The summed E-state index contributed by atoms with van der Waals surface area (Å²) in [7, 11) is 0. The van der Waals surface area contributed by atoms with Crippen molar-refractivity contribution >= 4 is 46.3 Å². The number of furan rings is 1. The average molecular weight is 393 g/mol. The molecule has 2 N–H and O–H groups in total. The molecule has 2 aromatic rings. The SMILES string of the molecule is O=C(CNC(=O)c1ccc([N+](=O)[O-])s1)N/N=C/C=C/c1ccc([N+](=O)[O-])o1. The number of carbonyl (C=O) groups is 2. The van der Waals surface area contributed by atoms with Gasteiger partial charge in [0.15, 0.2) is 0 Å². The Bertz CT molecular complexity index is 930. The fraction of sp³-hybridized carbons (Fsp3) is 0.0714. The molecule has 2 amide bonds. The van der Waals surface area contributed by atoms with E-state index in [1.165, 1.54) is 42.6 Å².